The van der Waals surface area contributed by atoms with Crippen LogP contribution in [0, 0.1) is 5.41 Å². The van der Waals surface area contributed by atoms with Gasteiger partial charge in [-0.15, -0.1) is 0 Å². The first-order valence-electron chi connectivity index (χ1n) is 9.31. The van der Waals surface area contributed by atoms with Crippen LogP contribution in [0.3, 0.4) is 0 Å². The van der Waals surface area contributed by atoms with Crippen molar-refractivity contribution < 1.29 is 14.3 Å². The summed E-state index contributed by atoms with van der Waals surface area (Å²) in [4.78, 5) is 28.2. The van der Waals surface area contributed by atoms with Gasteiger partial charge in [-0.3, -0.25) is 9.59 Å². The molecule has 2 aliphatic heterocycles. The van der Waals surface area contributed by atoms with E-state index in [-0.39, 0.29) is 22.7 Å². The van der Waals surface area contributed by atoms with E-state index >= 15 is 0 Å². The summed E-state index contributed by atoms with van der Waals surface area (Å²) in [7, 11) is 0. The average molecular weight is 378 g/mol. The van der Waals surface area contributed by atoms with E-state index in [4.69, 9.17) is 4.74 Å². The van der Waals surface area contributed by atoms with E-state index in [1.54, 1.807) is 17.8 Å². The van der Waals surface area contributed by atoms with Crippen molar-refractivity contribution in [3.8, 4) is 0 Å². The Hall–Kier alpha value is -1.49. The number of thioether (sulfide) groups is 1. The van der Waals surface area contributed by atoms with E-state index < -0.39 is 5.60 Å². The first kappa shape index (κ1) is 20.8. The van der Waals surface area contributed by atoms with Crippen molar-refractivity contribution in [2.45, 2.75) is 73.3 Å². The third kappa shape index (κ3) is 4.81. The van der Waals surface area contributed by atoms with Crippen molar-refractivity contribution >= 4 is 23.3 Å². The Morgan fingerprint density at radius 1 is 1.38 bits per heavy atom. The third-order valence-corrected chi connectivity index (χ3v) is 6.06. The monoisotopic (exact) mass is 377 g/mol. The molecular weight excluding hydrogens is 346 g/mol. The van der Waals surface area contributed by atoms with Gasteiger partial charge in [0.25, 0.3) is 0 Å². The van der Waals surface area contributed by atoms with Gasteiger partial charge < -0.3 is 9.64 Å². The summed E-state index contributed by atoms with van der Waals surface area (Å²) < 4.78 is 5.76. The van der Waals surface area contributed by atoms with Crippen LogP contribution in [0.4, 0.5) is 0 Å². The lowest BCUT2D eigenvalue weighted by Gasteiger charge is -2.29. The highest BCUT2D eigenvalue weighted by Gasteiger charge is 2.34. The lowest BCUT2D eigenvalue weighted by Crippen LogP contribution is -2.33. The Morgan fingerprint density at radius 3 is 2.58 bits per heavy atom. The smallest absolute Gasteiger partial charge is 0.223 e. The zero-order valence-electron chi connectivity index (χ0n) is 17.1. The Morgan fingerprint density at radius 2 is 2.04 bits per heavy atom. The number of hydrogen-bond acceptors (Lipinski definition) is 5. The summed E-state index contributed by atoms with van der Waals surface area (Å²) in [5, 5.41) is 0.922. The molecule has 0 aromatic carbocycles. The zero-order valence-corrected chi connectivity index (χ0v) is 17.9. The fraction of sp³-hybridized carbons (Fsp3) is 0.619. The first-order valence-corrected chi connectivity index (χ1v) is 10.1. The molecule has 4 nitrogen and oxygen atoms in total. The number of unbranched alkanes of at least 4 members (excludes halogenated alkanes) is 1. The number of hydrogen-bond donors (Lipinski definition) is 0. The molecule has 0 spiro atoms. The molecule has 144 valence electrons. The van der Waals surface area contributed by atoms with Gasteiger partial charge in [0, 0.05) is 35.7 Å². The summed E-state index contributed by atoms with van der Waals surface area (Å²) >= 11 is 1.66. The molecule has 0 radical (unpaired) electrons. The van der Waals surface area contributed by atoms with Crippen LogP contribution in [0.2, 0.25) is 0 Å². The fourth-order valence-electron chi connectivity index (χ4n) is 3.20. The molecular formula is C21H31NO3S. The van der Waals surface area contributed by atoms with Crippen LogP contribution in [0.15, 0.2) is 33.5 Å². The number of ether oxygens (including phenoxy) is 1. The highest BCUT2D eigenvalue weighted by Crippen LogP contribution is 2.49. The van der Waals surface area contributed by atoms with Crippen LogP contribution < -0.4 is 0 Å². The van der Waals surface area contributed by atoms with E-state index in [0.717, 1.165) is 24.4 Å². The standard InChI is InChI=1S/C21H31NO3S/c1-8-9-10-22-14(2)19(20(3,4)5)26-18(22)12-16(24)17-11-15(23)13-21(6,7)25-17/h11-12H,8-10,13H2,1-7H3. The Balaban J connectivity index is 2.30. The molecule has 0 amide bonds. The molecule has 0 atom stereocenters. The van der Waals surface area contributed by atoms with Crippen LogP contribution >= 0.6 is 11.8 Å². The quantitative estimate of drug-likeness (QED) is 0.618. The number of carbonyl (C=O) groups excluding carboxylic acids is 2. The second kappa shape index (κ2) is 7.63. The number of ketones is 2. The molecule has 2 rings (SSSR count). The van der Waals surface area contributed by atoms with E-state index in [1.807, 2.05) is 13.8 Å². The molecule has 0 N–H and O–H groups in total. The lowest BCUT2D eigenvalue weighted by molar-refractivity contribution is -0.127. The molecule has 2 heterocycles. The molecule has 5 heteroatoms. The van der Waals surface area contributed by atoms with Crippen molar-refractivity contribution in [2.24, 2.45) is 5.41 Å². The Bertz CT molecular complexity index is 693. The molecule has 2 aliphatic rings. The largest absolute Gasteiger partial charge is 0.483 e. The fourth-order valence-corrected chi connectivity index (χ4v) is 4.48. The highest BCUT2D eigenvalue weighted by molar-refractivity contribution is 8.07. The molecule has 0 aliphatic carbocycles. The van der Waals surface area contributed by atoms with Crippen LogP contribution in [0.5, 0.6) is 0 Å². The predicted octanol–water partition coefficient (Wildman–Crippen LogP) is 5.18. The number of allylic oxidation sites excluding steroid dienone is 4. The van der Waals surface area contributed by atoms with Crippen molar-refractivity contribution in [2.75, 3.05) is 6.54 Å². The van der Waals surface area contributed by atoms with Gasteiger partial charge in [-0.25, -0.2) is 0 Å². The topological polar surface area (TPSA) is 46.6 Å². The zero-order chi connectivity index (χ0) is 19.7. The van der Waals surface area contributed by atoms with Crippen LogP contribution in [0.1, 0.15) is 67.7 Å². The second-order valence-electron chi connectivity index (χ2n) is 8.63. The highest BCUT2D eigenvalue weighted by atomic mass is 32.2. The van der Waals surface area contributed by atoms with Crippen molar-refractivity contribution in [3.63, 3.8) is 0 Å². The van der Waals surface area contributed by atoms with E-state index in [2.05, 4.69) is 39.5 Å². The van der Waals surface area contributed by atoms with Crippen molar-refractivity contribution in [1.82, 2.24) is 4.90 Å². The number of carbonyl (C=O) groups is 2. The van der Waals surface area contributed by atoms with Gasteiger partial charge in [0.1, 0.15) is 5.60 Å². The molecule has 0 saturated carbocycles. The number of rotatable bonds is 5. The van der Waals surface area contributed by atoms with Crippen LogP contribution in [-0.2, 0) is 14.3 Å². The van der Waals surface area contributed by atoms with Gasteiger partial charge in [-0.05, 0) is 32.6 Å². The van der Waals surface area contributed by atoms with E-state index in [1.165, 1.54) is 16.7 Å². The molecule has 0 saturated heterocycles. The van der Waals surface area contributed by atoms with Crippen molar-refractivity contribution in [3.05, 3.63) is 33.5 Å². The summed E-state index contributed by atoms with van der Waals surface area (Å²) in [5.74, 6) is -0.149. The Labute approximate surface area is 161 Å². The molecule has 26 heavy (non-hydrogen) atoms. The summed E-state index contributed by atoms with van der Waals surface area (Å²) in [6.07, 6.45) is 5.42. The first-order chi connectivity index (χ1) is 11.9. The normalized spacial score (nSPS) is 22.0. The van der Waals surface area contributed by atoms with Gasteiger partial charge >= 0.3 is 0 Å². The number of nitrogens with zero attached hydrogens (tertiary/aromatic N) is 1. The Kier molecular flexibility index (Phi) is 6.11. The molecule has 0 aromatic rings. The maximum absolute atomic E-state index is 12.8. The van der Waals surface area contributed by atoms with Gasteiger partial charge in [0.2, 0.25) is 5.78 Å². The summed E-state index contributed by atoms with van der Waals surface area (Å²) in [6, 6.07) is 0. The summed E-state index contributed by atoms with van der Waals surface area (Å²) in [6.45, 7) is 15.4. The molecule has 0 fully saturated rings. The molecule has 0 bridgehead atoms. The SMILES string of the molecule is CCCCN1C(=CC(=O)C2=CC(=O)CC(C)(C)O2)SC(C(C)(C)C)=C1C. The summed E-state index contributed by atoms with van der Waals surface area (Å²) in [5.41, 5.74) is 0.603. The average Bonchev–Trinajstić information content (AvgIpc) is 2.79. The minimum absolute atomic E-state index is 0.0242. The maximum atomic E-state index is 12.8. The van der Waals surface area contributed by atoms with Crippen LogP contribution in [-0.4, -0.2) is 28.6 Å². The van der Waals surface area contributed by atoms with Crippen molar-refractivity contribution in [1.29, 1.82) is 0 Å². The van der Waals surface area contributed by atoms with Gasteiger partial charge in [0.05, 0.1) is 5.03 Å². The minimum atomic E-state index is -0.634. The van der Waals surface area contributed by atoms with Gasteiger partial charge in [0.15, 0.2) is 11.5 Å². The predicted molar refractivity (Wildman–Crippen MR) is 107 cm³/mol. The molecule has 0 unspecified atom stereocenters. The molecule has 0 aromatic heterocycles. The third-order valence-electron chi connectivity index (χ3n) is 4.40. The van der Waals surface area contributed by atoms with Crippen LogP contribution in [0.25, 0.3) is 0 Å². The van der Waals surface area contributed by atoms with Gasteiger partial charge in [-0.1, -0.05) is 45.9 Å². The minimum Gasteiger partial charge on any atom is -0.483 e. The van der Waals surface area contributed by atoms with E-state index in [9.17, 15) is 9.59 Å². The second-order valence-corrected chi connectivity index (χ2v) is 9.66. The maximum Gasteiger partial charge on any atom is 0.223 e. The lowest BCUT2D eigenvalue weighted by atomic mass is 9.94. The van der Waals surface area contributed by atoms with E-state index in [0.29, 0.717) is 6.42 Å². The van der Waals surface area contributed by atoms with Gasteiger partial charge in [-0.2, -0.15) is 0 Å².